The molecular weight excluding hydrogens is 859 g/mol. The van der Waals surface area contributed by atoms with E-state index in [0.717, 1.165) is 5.56 Å². The first-order valence-electron chi connectivity index (χ1n) is 21.5. The molecule has 2 saturated heterocycles. The van der Waals surface area contributed by atoms with Crippen LogP contribution in [0.3, 0.4) is 0 Å². The zero-order chi connectivity index (χ0) is 45.6. The summed E-state index contributed by atoms with van der Waals surface area (Å²) in [6, 6.07) is 14.9. The number of carbonyl (C=O) groups excluding carboxylic acids is 5. The van der Waals surface area contributed by atoms with Gasteiger partial charge in [-0.1, -0.05) is 57.2 Å². The molecule has 338 valence electrons. The Morgan fingerprint density at radius 2 is 1.78 bits per heavy atom. The summed E-state index contributed by atoms with van der Waals surface area (Å²) in [7, 11) is -2.38. The molecule has 4 heterocycles. The number of fused-ring (bicyclic) bond motifs is 1. The van der Waals surface area contributed by atoms with Crippen molar-refractivity contribution in [3.63, 3.8) is 0 Å². The number of hydrogen-bond acceptors (Lipinski definition) is 12. The largest absolute Gasteiger partial charge is 0.497 e. The Labute approximate surface area is 376 Å². The first-order chi connectivity index (χ1) is 30.5. The van der Waals surface area contributed by atoms with Crippen molar-refractivity contribution in [2.75, 3.05) is 25.5 Å². The third kappa shape index (κ3) is 9.20. The van der Waals surface area contributed by atoms with E-state index in [1.165, 1.54) is 27.2 Å². The summed E-state index contributed by atoms with van der Waals surface area (Å²) in [5.41, 5.74) is -0.325. The molecule has 1 unspecified atom stereocenters. The van der Waals surface area contributed by atoms with E-state index in [1.54, 1.807) is 30.8 Å². The molecule has 3 N–H and O–H groups in total. The van der Waals surface area contributed by atoms with Crippen LogP contribution in [0.1, 0.15) is 65.7 Å². The zero-order valence-electron chi connectivity index (χ0n) is 36.2. The van der Waals surface area contributed by atoms with Crippen molar-refractivity contribution >= 4 is 66.9 Å². The Morgan fingerprint density at radius 1 is 1.02 bits per heavy atom. The number of likely N-dealkylation sites (tertiary alicyclic amines) is 2. The van der Waals surface area contributed by atoms with E-state index in [2.05, 4.69) is 26.9 Å². The monoisotopic (exact) mass is 911 g/mol. The van der Waals surface area contributed by atoms with Crippen molar-refractivity contribution in [1.82, 2.24) is 29.8 Å². The minimum Gasteiger partial charge on any atom is -0.497 e. The molecule has 6 atom stereocenters. The fraction of sp³-hybridized carbons (Fsp3) is 0.457. The summed E-state index contributed by atoms with van der Waals surface area (Å²) in [6.07, 6.45) is 4.16. The fourth-order valence-corrected chi connectivity index (χ4v) is 10.7. The Balaban J connectivity index is 1.10. The van der Waals surface area contributed by atoms with Crippen LogP contribution in [0.25, 0.3) is 22.2 Å². The van der Waals surface area contributed by atoms with Gasteiger partial charge in [0.05, 0.1) is 36.0 Å². The number of benzene rings is 2. The Kier molecular flexibility index (Phi) is 12.3. The first-order valence-corrected chi connectivity index (χ1v) is 24.0. The van der Waals surface area contributed by atoms with E-state index >= 15 is 4.79 Å². The van der Waals surface area contributed by atoms with Gasteiger partial charge in [-0.05, 0) is 49.7 Å². The lowest BCUT2D eigenvalue weighted by atomic mass is 9.77. The second-order valence-electron chi connectivity index (χ2n) is 18.1. The molecule has 2 aromatic carbocycles. The third-order valence-electron chi connectivity index (χ3n) is 12.7. The van der Waals surface area contributed by atoms with Gasteiger partial charge in [-0.2, -0.15) is 0 Å². The smallest absolute Gasteiger partial charge is 0.259 e. The Morgan fingerprint density at radius 3 is 2.44 bits per heavy atom. The molecule has 4 fully saturated rings. The van der Waals surface area contributed by atoms with Crippen LogP contribution in [-0.2, 0) is 34.0 Å². The van der Waals surface area contributed by atoms with Crippen molar-refractivity contribution in [2.24, 2.45) is 17.3 Å². The van der Waals surface area contributed by atoms with Crippen LogP contribution < -0.4 is 24.8 Å². The molecule has 2 aromatic heterocycles. The van der Waals surface area contributed by atoms with Crippen molar-refractivity contribution in [3.05, 3.63) is 78.8 Å². The zero-order valence-corrected chi connectivity index (χ0v) is 37.9. The molecule has 16 nitrogen and oxygen atoms in total. The molecule has 0 bridgehead atoms. The topological polar surface area (TPSA) is 206 Å². The van der Waals surface area contributed by atoms with Gasteiger partial charge in [0.2, 0.25) is 33.7 Å². The van der Waals surface area contributed by atoms with Crippen LogP contribution in [0, 0.1) is 17.3 Å². The lowest BCUT2D eigenvalue weighted by molar-refractivity contribution is -0.149. The van der Waals surface area contributed by atoms with E-state index in [9.17, 15) is 27.6 Å². The number of pyridine rings is 1. The Bertz CT molecular complexity index is 2580. The number of carbonyl (C=O) groups is 5. The summed E-state index contributed by atoms with van der Waals surface area (Å²) in [5, 5.41) is 7.81. The van der Waals surface area contributed by atoms with Gasteiger partial charge >= 0.3 is 0 Å². The summed E-state index contributed by atoms with van der Waals surface area (Å²) >= 11 is 1.27. The van der Waals surface area contributed by atoms with Crippen molar-refractivity contribution < 1.29 is 41.9 Å². The minimum absolute atomic E-state index is 0.00494. The van der Waals surface area contributed by atoms with E-state index in [0.29, 0.717) is 65.5 Å². The molecule has 0 spiro atoms. The number of nitrogens with one attached hydrogen (secondary N) is 3. The maximum absolute atomic E-state index is 15.1. The van der Waals surface area contributed by atoms with Crippen LogP contribution in [0.15, 0.2) is 78.8 Å². The average Bonchev–Trinajstić information content (AvgIpc) is 4.04. The maximum atomic E-state index is 15.1. The third-order valence-corrected chi connectivity index (χ3v) is 15.2. The van der Waals surface area contributed by atoms with Crippen LogP contribution in [-0.4, -0.2) is 107 Å². The maximum Gasteiger partial charge on any atom is 0.259 e. The van der Waals surface area contributed by atoms with E-state index in [1.807, 2.05) is 63.2 Å². The molecule has 4 aromatic rings. The first kappa shape index (κ1) is 44.7. The second-order valence-corrected chi connectivity index (χ2v) is 21.0. The summed E-state index contributed by atoms with van der Waals surface area (Å²) < 4.78 is 40.2. The van der Waals surface area contributed by atoms with E-state index in [-0.39, 0.29) is 37.6 Å². The molecule has 2 saturated carbocycles. The number of nitrogens with zero attached hydrogens (tertiary/aromatic N) is 4. The molecular formula is C46H53N7O9S2. The lowest BCUT2D eigenvalue weighted by Gasteiger charge is -2.36. The number of methoxy groups -OCH3 is 1. The van der Waals surface area contributed by atoms with E-state index < -0.39 is 74.0 Å². The van der Waals surface area contributed by atoms with Gasteiger partial charge in [-0.3, -0.25) is 28.7 Å². The summed E-state index contributed by atoms with van der Waals surface area (Å²) in [6.45, 7) is 9.64. The van der Waals surface area contributed by atoms with Crippen molar-refractivity contribution in [3.8, 4) is 22.8 Å². The van der Waals surface area contributed by atoms with Crippen molar-refractivity contribution in [2.45, 2.75) is 94.7 Å². The lowest BCUT2D eigenvalue weighted by Crippen LogP contribution is -2.57. The van der Waals surface area contributed by atoms with Crippen molar-refractivity contribution in [1.29, 1.82) is 0 Å². The second kappa shape index (κ2) is 17.6. The standard InChI is InChI=1S/C46H53N7O9S2/c1-6-28-25-46(28,43(58)51-64(59,60)31-15-16-31)50-41(56)37-22-30(62-38-24-34(27-11-8-7-9-12-27)48-35-21-29(61-5)14-17-32(35)38)26-53(37)42(57)33(45(2,3)4)23-39(54)52-19-10-13-36(52)40(55)49-44-47-18-20-63-44/h6-9,11-12,14,17-18,20-21,24,28,30-31,33,36-37H,1,10,13,15-16,19,22-23,25-26H2,2-5H3,(H,50,56)(H,51,58)(H,47,49,55)/t28-,30-,33-,36?,37+,46-/m1/s1. The molecule has 4 aliphatic rings. The highest BCUT2D eigenvalue weighted by molar-refractivity contribution is 7.91. The number of aromatic nitrogens is 2. The molecule has 2 aliphatic heterocycles. The van der Waals surface area contributed by atoms with Gasteiger partial charge in [0.1, 0.15) is 35.2 Å². The quantitative estimate of drug-likeness (QED) is 0.134. The minimum atomic E-state index is -3.94. The van der Waals surface area contributed by atoms with Gasteiger partial charge in [-0.15, -0.1) is 17.9 Å². The number of amides is 5. The number of hydrogen-bond donors (Lipinski definition) is 3. The normalized spacial score (nSPS) is 23.6. The van der Waals surface area contributed by atoms with Gasteiger partial charge < -0.3 is 29.9 Å². The highest BCUT2D eigenvalue weighted by Gasteiger charge is 2.62. The molecule has 8 rings (SSSR count). The van der Waals surface area contributed by atoms with Crippen LogP contribution in [0.5, 0.6) is 11.5 Å². The molecule has 18 heteroatoms. The molecule has 2 aliphatic carbocycles. The number of sulfonamides is 1. The van der Waals surface area contributed by atoms with Crippen LogP contribution >= 0.6 is 11.3 Å². The molecule has 64 heavy (non-hydrogen) atoms. The number of ether oxygens (including phenoxy) is 2. The van der Waals surface area contributed by atoms with Gasteiger partial charge in [-0.25, -0.2) is 18.4 Å². The highest BCUT2D eigenvalue weighted by Crippen LogP contribution is 2.46. The highest BCUT2D eigenvalue weighted by atomic mass is 32.2. The molecule has 5 amide bonds. The van der Waals surface area contributed by atoms with Gasteiger partial charge in [0.15, 0.2) is 5.13 Å². The van der Waals surface area contributed by atoms with E-state index in [4.69, 9.17) is 14.5 Å². The van der Waals surface area contributed by atoms with Crippen LogP contribution in [0.4, 0.5) is 5.13 Å². The SMILES string of the molecule is C=C[C@@H]1C[C@]1(NC(=O)[C@@H]1C[C@@H](Oc2cc(-c3ccccc3)nc3cc(OC)ccc23)CN1C(=O)[C@@H](CC(=O)N1CCCC1C(=O)Nc1nccs1)C(C)(C)C)C(=O)NS(=O)(=O)C1CC1. The van der Waals surface area contributed by atoms with Gasteiger partial charge in [0.25, 0.3) is 5.91 Å². The summed E-state index contributed by atoms with van der Waals surface area (Å²) in [4.78, 5) is 83.1. The van der Waals surface area contributed by atoms with Gasteiger partial charge in [0, 0.05) is 60.0 Å². The van der Waals surface area contributed by atoms with Crippen LogP contribution in [0.2, 0.25) is 0 Å². The average molecular weight is 912 g/mol. The summed E-state index contributed by atoms with van der Waals surface area (Å²) in [5.74, 6) is -3.18. The predicted molar refractivity (Wildman–Crippen MR) is 241 cm³/mol. The predicted octanol–water partition coefficient (Wildman–Crippen LogP) is 5.07. The fourth-order valence-electron chi connectivity index (χ4n) is 8.80. The molecule has 0 radical (unpaired) electrons. The number of rotatable bonds is 15. The number of anilines is 1. The number of thiazole rings is 1. The Hall–Kier alpha value is -5.88.